The van der Waals surface area contributed by atoms with Gasteiger partial charge in [0, 0.05) is 18.1 Å². The summed E-state index contributed by atoms with van der Waals surface area (Å²) >= 11 is 0. The summed E-state index contributed by atoms with van der Waals surface area (Å²) in [6.45, 7) is 21.9. The van der Waals surface area contributed by atoms with Crippen molar-refractivity contribution in [2.45, 2.75) is 155 Å². The molecular weight excluding hydrogens is 635 g/mol. The third-order valence-corrected chi connectivity index (χ3v) is 18.0. The molecule has 5 aliphatic rings. The van der Waals surface area contributed by atoms with Crippen LogP contribution < -0.4 is 0 Å². The van der Waals surface area contributed by atoms with E-state index in [2.05, 4.69) is 54.5 Å². The van der Waals surface area contributed by atoms with Gasteiger partial charge in [-0.15, -0.1) is 0 Å². The molecule has 8 heteroatoms. The number of fused-ring (bicyclic) bond motifs is 7. The monoisotopic (exact) mass is 697 g/mol. The highest BCUT2D eigenvalue weighted by molar-refractivity contribution is 7.89. The van der Waals surface area contributed by atoms with Crippen molar-refractivity contribution in [1.29, 1.82) is 0 Å². The Balaban J connectivity index is 1.58. The summed E-state index contributed by atoms with van der Waals surface area (Å²) in [5.74, 6) is -0.401. The molecule has 0 aromatic heterocycles. The predicted molar refractivity (Wildman–Crippen MR) is 193 cm³/mol. The summed E-state index contributed by atoms with van der Waals surface area (Å²) in [5, 5.41) is 23.0. The molecular formula is C41H63NO6S. The smallest absolute Gasteiger partial charge is 0.313 e. The van der Waals surface area contributed by atoms with Crippen LogP contribution in [0.15, 0.2) is 46.9 Å². The first-order valence-electron chi connectivity index (χ1n) is 18.7. The van der Waals surface area contributed by atoms with E-state index in [0.717, 1.165) is 37.7 Å². The van der Waals surface area contributed by atoms with Crippen LogP contribution in [-0.4, -0.2) is 59.3 Å². The first-order valence-corrected chi connectivity index (χ1v) is 20.2. The van der Waals surface area contributed by atoms with E-state index in [1.807, 2.05) is 31.1 Å². The van der Waals surface area contributed by atoms with E-state index in [1.165, 1.54) is 0 Å². The number of rotatable bonds is 5. The van der Waals surface area contributed by atoms with Crippen molar-refractivity contribution < 1.29 is 28.2 Å². The van der Waals surface area contributed by atoms with E-state index < -0.39 is 55.5 Å². The first kappa shape index (κ1) is 37.0. The second-order valence-electron chi connectivity index (χ2n) is 19.7. The van der Waals surface area contributed by atoms with Crippen molar-refractivity contribution >= 4 is 16.0 Å². The maximum Gasteiger partial charge on any atom is 0.313 e. The van der Waals surface area contributed by atoms with E-state index in [1.54, 1.807) is 31.4 Å². The average Bonchev–Trinajstić information content (AvgIpc) is 3.00. The van der Waals surface area contributed by atoms with Gasteiger partial charge in [0.05, 0.1) is 28.1 Å². The Kier molecular flexibility index (Phi) is 8.41. The van der Waals surface area contributed by atoms with Crippen LogP contribution in [0.3, 0.4) is 0 Å². The minimum atomic E-state index is -4.03. The van der Waals surface area contributed by atoms with Gasteiger partial charge < -0.3 is 14.9 Å². The van der Waals surface area contributed by atoms with Crippen molar-refractivity contribution in [3.05, 3.63) is 42.0 Å². The number of methoxy groups -OCH3 is 1. The molecule has 4 fully saturated rings. The molecule has 0 bridgehead atoms. The maximum absolute atomic E-state index is 15.2. The number of aliphatic hydroxyl groups is 1. The van der Waals surface area contributed by atoms with E-state index >= 15 is 8.42 Å². The number of sulfonamides is 1. The number of hydrogen-bond acceptors (Lipinski definition) is 5. The van der Waals surface area contributed by atoms with Crippen LogP contribution in [0.25, 0.3) is 0 Å². The van der Waals surface area contributed by atoms with Crippen LogP contribution in [0.5, 0.6) is 0 Å². The molecule has 6 rings (SSSR count). The summed E-state index contributed by atoms with van der Waals surface area (Å²) in [7, 11) is -2.36. The second-order valence-corrected chi connectivity index (χ2v) is 21.5. The highest BCUT2D eigenvalue weighted by Gasteiger charge is 2.78. The molecule has 0 radical (unpaired) electrons. The van der Waals surface area contributed by atoms with Crippen molar-refractivity contribution in [2.24, 2.45) is 44.3 Å². The number of benzene rings is 1. The minimum Gasteiger partial charge on any atom is -0.481 e. The van der Waals surface area contributed by atoms with E-state index in [-0.39, 0.29) is 33.0 Å². The van der Waals surface area contributed by atoms with Crippen molar-refractivity contribution in [3.63, 3.8) is 0 Å². The largest absolute Gasteiger partial charge is 0.481 e. The number of nitrogens with zero attached hydrogens (tertiary/aromatic N) is 1. The number of aliphatic carboxylic acids is 1. The molecule has 0 spiro atoms. The number of carboxylic acids is 1. The van der Waals surface area contributed by atoms with Crippen LogP contribution in [0.4, 0.5) is 0 Å². The maximum atomic E-state index is 15.2. The number of ether oxygens (including phenoxy) is 1. The lowest BCUT2D eigenvalue weighted by Crippen LogP contribution is -2.82. The van der Waals surface area contributed by atoms with Crippen LogP contribution in [0.2, 0.25) is 0 Å². The number of hydrogen-bond donors (Lipinski definition) is 2. The van der Waals surface area contributed by atoms with Crippen molar-refractivity contribution in [2.75, 3.05) is 7.11 Å². The Morgan fingerprint density at radius 2 is 1.45 bits per heavy atom. The normalized spacial score (nSPS) is 43.0. The van der Waals surface area contributed by atoms with Crippen LogP contribution in [0, 0.1) is 44.3 Å². The Labute approximate surface area is 296 Å². The van der Waals surface area contributed by atoms with E-state index in [0.29, 0.717) is 25.7 Å². The lowest BCUT2D eigenvalue weighted by molar-refractivity contribution is -0.294. The Morgan fingerprint density at radius 3 is 2.02 bits per heavy atom. The van der Waals surface area contributed by atoms with Gasteiger partial charge in [0.1, 0.15) is 0 Å². The molecule has 0 heterocycles. The van der Waals surface area contributed by atoms with Gasteiger partial charge in [-0.05, 0) is 124 Å². The fourth-order valence-corrected chi connectivity index (χ4v) is 15.7. The lowest BCUT2D eigenvalue weighted by Gasteiger charge is -2.78. The summed E-state index contributed by atoms with van der Waals surface area (Å²) in [6, 6.07) is 8.81. The van der Waals surface area contributed by atoms with Gasteiger partial charge in [-0.3, -0.25) is 4.79 Å². The molecule has 0 aliphatic heterocycles. The molecule has 9 atom stereocenters. The Hall–Kier alpha value is -1.74. The molecule has 274 valence electrons. The van der Waals surface area contributed by atoms with E-state index in [9.17, 15) is 15.0 Å². The fraction of sp³-hybridized carbons (Fsp3) is 0.780. The van der Waals surface area contributed by atoms with Gasteiger partial charge in [0.2, 0.25) is 10.0 Å². The Morgan fingerprint density at radius 1 is 0.857 bits per heavy atom. The van der Waals surface area contributed by atoms with Gasteiger partial charge in [-0.25, -0.2) is 8.42 Å². The summed E-state index contributed by atoms with van der Waals surface area (Å²) in [5.41, 5.74) is -3.24. The molecule has 1 aromatic rings. The summed E-state index contributed by atoms with van der Waals surface area (Å²) in [4.78, 5) is 13.4. The van der Waals surface area contributed by atoms with Gasteiger partial charge in [-0.1, -0.05) is 78.3 Å². The zero-order valence-corrected chi connectivity index (χ0v) is 32.8. The molecule has 0 saturated heterocycles. The third-order valence-electron chi connectivity index (χ3n) is 15.8. The summed E-state index contributed by atoms with van der Waals surface area (Å²) in [6.07, 6.45) is 7.74. The zero-order valence-electron chi connectivity index (χ0n) is 32.0. The SMILES string of the molecule is CO[C@@H]1C[C@]2(C)[C@H]3CC[C@@H]4C5=CC(C)(C)CC[C@]5(C(=O)O)CC[C@@]4(C)[C@]3(C)CC[C@]2(N(C(C)(C)C)S(=O)(=O)c2ccccc2)C(C)(C)[C@H]1O. The minimum absolute atomic E-state index is 0.0494. The first-order chi connectivity index (χ1) is 22.4. The van der Waals surface area contributed by atoms with Gasteiger partial charge in [-0.2, -0.15) is 4.31 Å². The van der Waals surface area contributed by atoms with Gasteiger partial charge in [0.25, 0.3) is 0 Å². The molecule has 0 amide bonds. The highest BCUT2D eigenvalue weighted by Crippen LogP contribution is 2.78. The highest BCUT2D eigenvalue weighted by atomic mass is 32.2. The summed E-state index contributed by atoms with van der Waals surface area (Å²) < 4.78 is 38.4. The van der Waals surface area contributed by atoms with Crippen LogP contribution >= 0.6 is 0 Å². The van der Waals surface area contributed by atoms with Crippen LogP contribution in [0.1, 0.15) is 127 Å². The van der Waals surface area contributed by atoms with Crippen molar-refractivity contribution in [3.8, 4) is 0 Å². The van der Waals surface area contributed by atoms with Gasteiger partial charge in [0.15, 0.2) is 0 Å². The molecule has 49 heavy (non-hydrogen) atoms. The third kappa shape index (κ3) is 4.67. The van der Waals surface area contributed by atoms with E-state index in [4.69, 9.17) is 4.74 Å². The quantitative estimate of drug-likeness (QED) is 0.299. The molecule has 7 nitrogen and oxygen atoms in total. The zero-order chi connectivity index (χ0) is 36.4. The van der Waals surface area contributed by atoms with Gasteiger partial charge >= 0.3 is 5.97 Å². The number of carboxylic acid groups (broad SMARTS) is 1. The van der Waals surface area contributed by atoms with Crippen LogP contribution in [-0.2, 0) is 19.6 Å². The fourth-order valence-electron chi connectivity index (χ4n) is 13.3. The Bertz CT molecular complexity index is 1630. The standard InChI is InChI=1S/C41H63NO6S/c1-34(2,3)42(49(46,47)27-15-13-12-14-16-27)41-24-21-38(9)31(39(41,10)26-30(48-11)32(43)36(41,6)7)18-17-28-29-25-35(4,5)19-22-40(29,33(44)45)23-20-37(28,38)8/h12-16,25,28,30-32,43H,17-24,26H2,1-11H3,(H,44,45)/t28-,30-,31+,32+,37-,38-,39-,40+,41+/m1/s1. The molecule has 4 saturated carbocycles. The number of allylic oxidation sites excluding steroid dienone is 1. The topological polar surface area (TPSA) is 104 Å². The predicted octanol–water partition coefficient (Wildman–Crippen LogP) is 8.47. The molecule has 5 aliphatic carbocycles. The molecule has 2 N–H and O–H groups in total. The average molecular weight is 698 g/mol. The number of carbonyl (C=O) groups is 1. The lowest BCUT2D eigenvalue weighted by atomic mass is 9.30. The molecule has 0 unspecified atom stereocenters. The molecule has 1 aromatic carbocycles. The van der Waals surface area contributed by atoms with Crippen molar-refractivity contribution in [1.82, 2.24) is 4.31 Å². The second kappa shape index (κ2) is 11.1. The number of aliphatic hydroxyl groups excluding tert-OH is 1.